The van der Waals surface area contributed by atoms with Crippen molar-refractivity contribution in [1.82, 2.24) is 9.88 Å². The van der Waals surface area contributed by atoms with Crippen LogP contribution in [0.2, 0.25) is 0 Å². The predicted molar refractivity (Wildman–Crippen MR) is 88.4 cm³/mol. The van der Waals surface area contributed by atoms with Gasteiger partial charge < -0.3 is 10.6 Å². The first kappa shape index (κ1) is 13.5. The summed E-state index contributed by atoms with van der Waals surface area (Å²) in [7, 11) is 2.17. The van der Waals surface area contributed by atoms with Gasteiger partial charge in [0.15, 0.2) is 5.13 Å². The average molecular weight is 303 g/mol. The lowest BCUT2D eigenvalue weighted by Crippen LogP contribution is -2.20. The maximum Gasteiger partial charge on any atom is 0.181 e. The number of nitrogen functional groups attached to an aromatic ring is 1. The van der Waals surface area contributed by atoms with Gasteiger partial charge in [-0.2, -0.15) is 0 Å². The zero-order valence-electron chi connectivity index (χ0n) is 11.4. The molecule has 0 fully saturated rings. The lowest BCUT2D eigenvalue weighted by Gasteiger charge is -2.16. The zero-order valence-corrected chi connectivity index (χ0v) is 13.0. The van der Waals surface area contributed by atoms with E-state index in [1.807, 2.05) is 11.3 Å². The maximum absolute atomic E-state index is 5.74. The number of nitrogens with zero attached hydrogens (tertiary/aromatic N) is 2. The molecule has 2 N–H and O–H groups in total. The van der Waals surface area contributed by atoms with Crippen LogP contribution in [0, 0.1) is 0 Å². The van der Waals surface area contributed by atoms with E-state index in [2.05, 4.69) is 52.6 Å². The first-order valence-corrected chi connectivity index (χ1v) is 8.26. The smallest absolute Gasteiger partial charge is 0.181 e. The summed E-state index contributed by atoms with van der Waals surface area (Å²) in [5.41, 5.74) is 8.05. The monoisotopic (exact) mass is 303 g/mol. The van der Waals surface area contributed by atoms with Crippen molar-refractivity contribution in [1.29, 1.82) is 0 Å². The summed E-state index contributed by atoms with van der Waals surface area (Å²) in [6, 6.07) is 10.7. The van der Waals surface area contributed by atoms with Gasteiger partial charge in [0.2, 0.25) is 0 Å². The minimum atomic E-state index is 0.642. The summed E-state index contributed by atoms with van der Waals surface area (Å²) in [5, 5.41) is 2.78. The zero-order chi connectivity index (χ0) is 13.9. The highest BCUT2D eigenvalue weighted by molar-refractivity contribution is 7.22. The molecule has 20 heavy (non-hydrogen) atoms. The largest absolute Gasteiger partial charge is 0.375 e. The molecule has 3 nitrogen and oxygen atoms in total. The molecule has 0 aliphatic rings. The number of nitrogens with two attached hydrogens (primary N) is 1. The van der Waals surface area contributed by atoms with Gasteiger partial charge in [-0.1, -0.05) is 23.5 Å². The van der Waals surface area contributed by atoms with Crippen LogP contribution in [0.3, 0.4) is 0 Å². The minimum Gasteiger partial charge on any atom is -0.375 e. The molecule has 0 atom stereocenters. The molecular formula is C15H17N3S2. The van der Waals surface area contributed by atoms with Crippen LogP contribution < -0.4 is 5.73 Å². The fourth-order valence-corrected chi connectivity index (χ4v) is 3.73. The van der Waals surface area contributed by atoms with Gasteiger partial charge in [-0.05, 0) is 42.6 Å². The Labute approximate surface area is 126 Å². The lowest BCUT2D eigenvalue weighted by atomic mass is 10.2. The van der Waals surface area contributed by atoms with Crippen LogP contribution in [-0.4, -0.2) is 23.5 Å². The Hall–Kier alpha value is -1.43. The van der Waals surface area contributed by atoms with Crippen molar-refractivity contribution in [2.75, 3.05) is 19.3 Å². The normalized spacial score (nSPS) is 11.5. The van der Waals surface area contributed by atoms with Crippen molar-refractivity contribution in [2.45, 2.75) is 13.0 Å². The average Bonchev–Trinajstić information content (AvgIpc) is 3.04. The van der Waals surface area contributed by atoms with Crippen LogP contribution in [0.4, 0.5) is 5.13 Å². The number of hydrogen-bond donors (Lipinski definition) is 1. The second-order valence-corrected chi connectivity index (χ2v) is 7.02. The van der Waals surface area contributed by atoms with Crippen LogP contribution in [0.25, 0.3) is 10.2 Å². The SMILES string of the molecule is CN(CCc1cccs1)Cc1ccc2nc(N)sc2c1. The highest BCUT2D eigenvalue weighted by Gasteiger charge is 2.05. The Morgan fingerprint density at radius 1 is 1.30 bits per heavy atom. The molecular weight excluding hydrogens is 286 g/mol. The number of aromatic nitrogens is 1. The summed E-state index contributed by atoms with van der Waals surface area (Å²) < 4.78 is 1.17. The Morgan fingerprint density at radius 3 is 3.00 bits per heavy atom. The Balaban J connectivity index is 1.63. The fourth-order valence-electron chi connectivity index (χ4n) is 2.23. The van der Waals surface area contributed by atoms with Crippen LogP contribution in [-0.2, 0) is 13.0 Å². The molecule has 0 amide bonds. The second-order valence-electron chi connectivity index (χ2n) is 4.92. The molecule has 0 radical (unpaired) electrons. The van der Waals surface area contributed by atoms with Crippen LogP contribution in [0.15, 0.2) is 35.7 Å². The van der Waals surface area contributed by atoms with Gasteiger partial charge in [0, 0.05) is 18.0 Å². The number of fused-ring (bicyclic) bond motifs is 1. The fraction of sp³-hybridized carbons (Fsp3) is 0.267. The number of thiophene rings is 1. The molecule has 0 saturated carbocycles. The third kappa shape index (κ3) is 3.17. The van der Waals surface area contributed by atoms with Gasteiger partial charge in [0.1, 0.15) is 0 Å². The van der Waals surface area contributed by atoms with Gasteiger partial charge in [-0.15, -0.1) is 11.3 Å². The first-order chi connectivity index (χ1) is 9.70. The van der Waals surface area contributed by atoms with Gasteiger partial charge in [0.05, 0.1) is 10.2 Å². The Morgan fingerprint density at radius 2 is 2.20 bits per heavy atom. The lowest BCUT2D eigenvalue weighted by molar-refractivity contribution is 0.332. The van der Waals surface area contributed by atoms with E-state index in [1.165, 1.54) is 15.1 Å². The molecule has 2 heterocycles. The van der Waals surface area contributed by atoms with Crippen molar-refractivity contribution in [3.8, 4) is 0 Å². The Bertz CT molecular complexity index is 688. The van der Waals surface area contributed by atoms with E-state index in [4.69, 9.17) is 5.73 Å². The van der Waals surface area contributed by atoms with Crippen LogP contribution >= 0.6 is 22.7 Å². The van der Waals surface area contributed by atoms with E-state index in [-0.39, 0.29) is 0 Å². The van der Waals surface area contributed by atoms with E-state index < -0.39 is 0 Å². The molecule has 2 aromatic heterocycles. The number of thiazole rings is 1. The Kier molecular flexibility index (Phi) is 4.00. The van der Waals surface area contributed by atoms with Crippen molar-refractivity contribution in [2.24, 2.45) is 0 Å². The van der Waals surface area contributed by atoms with E-state index in [0.29, 0.717) is 5.13 Å². The predicted octanol–water partition coefficient (Wildman–Crippen LogP) is 3.61. The molecule has 3 rings (SSSR count). The molecule has 5 heteroatoms. The topological polar surface area (TPSA) is 42.2 Å². The van der Waals surface area contributed by atoms with Crippen molar-refractivity contribution in [3.05, 3.63) is 46.2 Å². The highest BCUT2D eigenvalue weighted by Crippen LogP contribution is 2.25. The van der Waals surface area contributed by atoms with Crippen molar-refractivity contribution in [3.63, 3.8) is 0 Å². The molecule has 3 aromatic rings. The summed E-state index contributed by atoms with van der Waals surface area (Å²) in [4.78, 5) is 8.09. The summed E-state index contributed by atoms with van der Waals surface area (Å²) >= 11 is 3.38. The summed E-state index contributed by atoms with van der Waals surface area (Å²) in [5.74, 6) is 0. The molecule has 104 valence electrons. The van der Waals surface area contributed by atoms with Gasteiger partial charge in [0.25, 0.3) is 0 Å². The summed E-state index contributed by atoms with van der Waals surface area (Å²) in [6.45, 7) is 2.03. The van der Waals surface area contributed by atoms with Crippen molar-refractivity contribution >= 4 is 38.0 Å². The molecule has 1 aromatic carbocycles. The molecule has 0 saturated heterocycles. The summed E-state index contributed by atoms with van der Waals surface area (Å²) in [6.07, 6.45) is 1.11. The third-order valence-corrected chi connectivity index (χ3v) is 5.03. The molecule has 0 spiro atoms. The molecule has 0 aliphatic carbocycles. The number of hydrogen-bond acceptors (Lipinski definition) is 5. The van der Waals surface area contributed by atoms with E-state index in [9.17, 15) is 0 Å². The number of likely N-dealkylation sites (N-methyl/N-ethyl adjacent to an activating group) is 1. The van der Waals surface area contributed by atoms with E-state index in [1.54, 1.807) is 11.3 Å². The molecule has 0 unspecified atom stereocenters. The second kappa shape index (κ2) is 5.91. The quantitative estimate of drug-likeness (QED) is 0.783. The van der Waals surface area contributed by atoms with E-state index in [0.717, 1.165) is 25.0 Å². The minimum absolute atomic E-state index is 0.642. The van der Waals surface area contributed by atoms with Crippen molar-refractivity contribution < 1.29 is 0 Å². The first-order valence-electron chi connectivity index (χ1n) is 6.56. The molecule has 0 aliphatic heterocycles. The standard InChI is InChI=1S/C15H17N3S2/c1-18(7-6-12-3-2-8-19-12)10-11-4-5-13-14(9-11)20-15(16)17-13/h2-5,8-9H,6-7,10H2,1H3,(H2,16,17). The van der Waals surface area contributed by atoms with E-state index >= 15 is 0 Å². The van der Waals surface area contributed by atoms with Crippen LogP contribution in [0.1, 0.15) is 10.4 Å². The maximum atomic E-state index is 5.74. The third-order valence-electron chi connectivity index (χ3n) is 3.24. The number of anilines is 1. The molecule has 0 bridgehead atoms. The number of benzene rings is 1. The van der Waals surface area contributed by atoms with Gasteiger partial charge in [-0.3, -0.25) is 0 Å². The van der Waals surface area contributed by atoms with Crippen LogP contribution in [0.5, 0.6) is 0 Å². The highest BCUT2D eigenvalue weighted by atomic mass is 32.1. The number of rotatable bonds is 5. The van der Waals surface area contributed by atoms with Gasteiger partial charge in [-0.25, -0.2) is 4.98 Å². The van der Waals surface area contributed by atoms with Gasteiger partial charge >= 0.3 is 0 Å².